The van der Waals surface area contributed by atoms with Gasteiger partial charge in [-0.2, -0.15) is 0 Å². The number of hydrogen-bond donors (Lipinski definition) is 3. The molecule has 8 heteroatoms. The van der Waals surface area contributed by atoms with Crippen molar-refractivity contribution in [3.05, 3.63) is 52.9 Å². The maximum Gasteiger partial charge on any atom is 0.260 e. The first kappa shape index (κ1) is 17.3. The quantitative estimate of drug-likeness (QED) is 0.761. The Morgan fingerprint density at radius 1 is 1.32 bits per heavy atom. The number of nitrogens with one attached hydrogen (secondary N) is 2. The predicted molar refractivity (Wildman–Crippen MR) is 92.9 cm³/mol. The highest BCUT2D eigenvalue weighted by Gasteiger charge is 2.41. The smallest absolute Gasteiger partial charge is 0.260 e. The van der Waals surface area contributed by atoms with E-state index < -0.39 is 11.7 Å². The van der Waals surface area contributed by atoms with Crippen LogP contribution in [0, 0.1) is 17.7 Å². The van der Waals surface area contributed by atoms with Crippen LogP contribution in [-0.4, -0.2) is 23.3 Å². The molecule has 0 radical (unpaired) electrons. The Balaban J connectivity index is 1.69. The maximum absolute atomic E-state index is 13.8. The molecule has 25 heavy (non-hydrogen) atoms. The van der Waals surface area contributed by atoms with Gasteiger partial charge in [0, 0.05) is 23.9 Å². The molecule has 0 bridgehead atoms. The van der Waals surface area contributed by atoms with Gasteiger partial charge in [-0.15, -0.1) is 0 Å². The Kier molecular flexibility index (Phi) is 4.96. The van der Waals surface area contributed by atoms with Crippen molar-refractivity contribution in [2.75, 3.05) is 17.2 Å². The van der Waals surface area contributed by atoms with Gasteiger partial charge in [-0.3, -0.25) is 9.59 Å². The van der Waals surface area contributed by atoms with E-state index in [2.05, 4.69) is 15.6 Å². The van der Waals surface area contributed by atoms with Crippen LogP contribution in [0.2, 0.25) is 5.02 Å². The third kappa shape index (κ3) is 3.94. The van der Waals surface area contributed by atoms with Crippen molar-refractivity contribution < 1.29 is 14.0 Å². The summed E-state index contributed by atoms with van der Waals surface area (Å²) in [6.07, 6.45) is 2.20. The van der Waals surface area contributed by atoms with E-state index in [0.717, 1.165) is 12.5 Å². The number of hydrogen-bond acceptors (Lipinski definition) is 4. The number of carbonyl (C=O) groups is 2. The number of halogens is 2. The fourth-order valence-electron chi connectivity index (χ4n) is 2.53. The molecular formula is C17H16ClFN4O2. The van der Waals surface area contributed by atoms with E-state index in [1.165, 1.54) is 30.5 Å². The van der Waals surface area contributed by atoms with Crippen molar-refractivity contribution >= 4 is 34.9 Å². The van der Waals surface area contributed by atoms with Crippen LogP contribution in [0.5, 0.6) is 0 Å². The van der Waals surface area contributed by atoms with Gasteiger partial charge in [0.05, 0.1) is 10.6 Å². The predicted octanol–water partition coefficient (Wildman–Crippen LogP) is 2.66. The number of nitrogens with zero attached hydrogens (tertiary/aromatic N) is 1. The summed E-state index contributed by atoms with van der Waals surface area (Å²) < 4.78 is 13.8. The molecule has 1 aliphatic carbocycles. The second-order valence-corrected chi connectivity index (χ2v) is 6.21. The van der Waals surface area contributed by atoms with Crippen LogP contribution in [0.1, 0.15) is 16.8 Å². The van der Waals surface area contributed by atoms with E-state index in [1.54, 1.807) is 0 Å². The van der Waals surface area contributed by atoms with E-state index in [9.17, 15) is 14.0 Å². The lowest BCUT2D eigenvalue weighted by Gasteiger charge is -2.09. The Morgan fingerprint density at radius 2 is 2.12 bits per heavy atom. The number of amides is 2. The third-order valence-corrected chi connectivity index (χ3v) is 4.34. The molecule has 2 amide bonds. The fraction of sp³-hybridized carbons (Fsp3) is 0.235. The fourth-order valence-corrected chi connectivity index (χ4v) is 2.78. The molecule has 1 aromatic heterocycles. The number of aromatic nitrogens is 1. The Bertz CT molecular complexity index is 810. The second-order valence-electron chi connectivity index (χ2n) is 5.81. The molecule has 1 aromatic carbocycles. The number of rotatable bonds is 5. The summed E-state index contributed by atoms with van der Waals surface area (Å²) in [5, 5.41) is 5.25. The zero-order valence-electron chi connectivity index (χ0n) is 13.1. The molecule has 3 rings (SSSR count). The Hall–Kier alpha value is -2.51. The van der Waals surface area contributed by atoms with Crippen LogP contribution in [0.3, 0.4) is 0 Å². The molecule has 0 saturated heterocycles. The van der Waals surface area contributed by atoms with Crippen molar-refractivity contribution in [1.29, 1.82) is 0 Å². The lowest BCUT2D eigenvalue weighted by molar-refractivity contribution is -0.117. The average molecular weight is 363 g/mol. The van der Waals surface area contributed by atoms with Crippen molar-refractivity contribution in [2.24, 2.45) is 17.6 Å². The molecule has 0 spiro atoms. The van der Waals surface area contributed by atoms with Gasteiger partial charge >= 0.3 is 0 Å². The molecule has 130 valence electrons. The molecule has 1 aliphatic rings. The summed E-state index contributed by atoms with van der Waals surface area (Å²) in [5.41, 5.74) is 5.65. The number of benzene rings is 1. The second kappa shape index (κ2) is 7.16. The van der Waals surface area contributed by atoms with Crippen LogP contribution >= 0.6 is 11.6 Å². The van der Waals surface area contributed by atoms with Gasteiger partial charge in [0.25, 0.3) is 5.91 Å². The van der Waals surface area contributed by atoms with Gasteiger partial charge in [-0.1, -0.05) is 17.7 Å². The van der Waals surface area contributed by atoms with Gasteiger partial charge in [-0.25, -0.2) is 9.37 Å². The number of pyridine rings is 1. The third-order valence-electron chi connectivity index (χ3n) is 4.02. The van der Waals surface area contributed by atoms with Crippen LogP contribution in [0.4, 0.5) is 15.9 Å². The zero-order chi connectivity index (χ0) is 18.0. The van der Waals surface area contributed by atoms with E-state index in [-0.39, 0.29) is 28.3 Å². The van der Waals surface area contributed by atoms with E-state index in [1.807, 2.05) is 0 Å². The highest BCUT2D eigenvalue weighted by atomic mass is 35.5. The largest absolute Gasteiger partial charge is 0.330 e. The summed E-state index contributed by atoms with van der Waals surface area (Å²) in [7, 11) is 0. The Labute approximate surface area is 148 Å². The average Bonchev–Trinajstić information content (AvgIpc) is 3.35. The molecule has 2 atom stereocenters. The van der Waals surface area contributed by atoms with Crippen molar-refractivity contribution in [2.45, 2.75) is 6.42 Å². The molecule has 1 heterocycles. The minimum absolute atomic E-state index is 0.0154. The van der Waals surface area contributed by atoms with Crippen molar-refractivity contribution in [3.63, 3.8) is 0 Å². The highest BCUT2D eigenvalue weighted by molar-refractivity contribution is 6.34. The highest BCUT2D eigenvalue weighted by Crippen LogP contribution is 2.38. The monoisotopic (exact) mass is 362 g/mol. The summed E-state index contributed by atoms with van der Waals surface area (Å²) in [6, 6.07) is 7.03. The number of carbonyl (C=O) groups excluding carboxylic acids is 2. The lowest BCUT2D eigenvalue weighted by Crippen LogP contribution is -2.18. The summed E-state index contributed by atoms with van der Waals surface area (Å²) >= 11 is 5.88. The van der Waals surface area contributed by atoms with Gasteiger partial charge in [0.1, 0.15) is 11.6 Å². The minimum Gasteiger partial charge on any atom is -0.330 e. The minimum atomic E-state index is -0.714. The first-order valence-corrected chi connectivity index (χ1v) is 8.09. The normalized spacial score (nSPS) is 18.5. The molecule has 2 aromatic rings. The van der Waals surface area contributed by atoms with Crippen LogP contribution in [0.25, 0.3) is 0 Å². The van der Waals surface area contributed by atoms with E-state index in [4.69, 9.17) is 17.3 Å². The summed E-state index contributed by atoms with van der Waals surface area (Å²) in [5.74, 6) is -1.13. The molecule has 2 unspecified atom stereocenters. The molecule has 1 saturated carbocycles. The van der Waals surface area contributed by atoms with Crippen LogP contribution in [0.15, 0.2) is 36.5 Å². The van der Waals surface area contributed by atoms with Crippen LogP contribution in [-0.2, 0) is 4.79 Å². The van der Waals surface area contributed by atoms with E-state index >= 15 is 0 Å². The Morgan fingerprint density at radius 3 is 2.80 bits per heavy atom. The topological polar surface area (TPSA) is 97.1 Å². The number of nitrogens with two attached hydrogens (primary N) is 1. The van der Waals surface area contributed by atoms with Gasteiger partial charge < -0.3 is 16.4 Å². The molecule has 6 nitrogen and oxygen atoms in total. The zero-order valence-corrected chi connectivity index (χ0v) is 13.9. The standard InChI is InChI=1S/C17H16ClFN4O2/c18-12-2-1-3-13(19)15(12)17(25)22-10-4-5-21-14(7-10)23-16(24)11-6-9(11)8-20/h1-5,7,9,11H,6,8,20H2,(H2,21,22,23,24,25). The SMILES string of the molecule is NCC1CC1C(=O)Nc1cc(NC(=O)c2c(F)cccc2Cl)ccn1. The van der Waals surface area contributed by atoms with Gasteiger partial charge in [-0.05, 0) is 37.1 Å². The number of anilines is 2. The van der Waals surface area contributed by atoms with E-state index in [0.29, 0.717) is 18.1 Å². The summed E-state index contributed by atoms with van der Waals surface area (Å²) in [4.78, 5) is 28.3. The maximum atomic E-state index is 13.8. The molecule has 0 aliphatic heterocycles. The molecular weight excluding hydrogens is 347 g/mol. The van der Waals surface area contributed by atoms with Crippen molar-refractivity contribution in [1.82, 2.24) is 4.98 Å². The van der Waals surface area contributed by atoms with Gasteiger partial charge in [0.2, 0.25) is 5.91 Å². The first-order chi connectivity index (χ1) is 12.0. The lowest BCUT2D eigenvalue weighted by atomic mass is 10.2. The molecule has 4 N–H and O–H groups in total. The van der Waals surface area contributed by atoms with Crippen molar-refractivity contribution in [3.8, 4) is 0 Å². The summed E-state index contributed by atoms with van der Waals surface area (Å²) in [6.45, 7) is 0.477. The first-order valence-electron chi connectivity index (χ1n) is 7.72. The van der Waals surface area contributed by atoms with Gasteiger partial charge in [0.15, 0.2) is 0 Å². The molecule has 1 fully saturated rings. The van der Waals surface area contributed by atoms with Crippen LogP contribution < -0.4 is 16.4 Å².